The minimum Gasteiger partial charge on any atom is -0.448 e. The summed E-state index contributed by atoms with van der Waals surface area (Å²) in [5.74, 6) is -0.610. The van der Waals surface area contributed by atoms with Gasteiger partial charge in [0.15, 0.2) is 6.10 Å². The van der Waals surface area contributed by atoms with Gasteiger partial charge < -0.3 is 9.64 Å². The van der Waals surface area contributed by atoms with Crippen molar-refractivity contribution in [2.45, 2.75) is 19.1 Å². The highest BCUT2D eigenvalue weighted by Crippen LogP contribution is 2.22. The van der Waals surface area contributed by atoms with Crippen molar-refractivity contribution in [3.8, 4) is 0 Å². The first kappa shape index (κ1) is 15.5. The molecule has 1 unspecified atom stereocenters. The number of hydrogen-bond donors (Lipinski definition) is 0. The van der Waals surface area contributed by atoms with Crippen molar-refractivity contribution in [3.63, 3.8) is 0 Å². The Morgan fingerprint density at radius 3 is 2.91 bits per heavy atom. The van der Waals surface area contributed by atoms with E-state index in [-0.39, 0.29) is 5.91 Å². The summed E-state index contributed by atoms with van der Waals surface area (Å²) in [6, 6.07) is 11.2. The molecule has 1 aromatic heterocycles. The van der Waals surface area contributed by atoms with Crippen LogP contribution in [0.2, 0.25) is 0 Å². The summed E-state index contributed by atoms with van der Waals surface area (Å²) < 4.78 is 5.36. The zero-order chi connectivity index (χ0) is 16.2. The van der Waals surface area contributed by atoms with Crippen LogP contribution in [0.15, 0.2) is 54.4 Å². The van der Waals surface area contributed by atoms with Gasteiger partial charge in [0, 0.05) is 17.8 Å². The van der Waals surface area contributed by atoms with Crippen LogP contribution in [0, 0.1) is 0 Å². The first-order chi connectivity index (χ1) is 11.2. The van der Waals surface area contributed by atoms with Crippen LogP contribution in [0.5, 0.6) is 0 Å². The Hall–Kier alpha value is -2.40. The van der Waals surface area contributed by atoms with E-state index in [1.807, 2.05) is 29.6 Å². The Balaban J connectivity index is 1.78. The van der Waals surface area contributed by atoms with Crippen molar-refractivity contribution in [2.75, 3.05) is 6.54 Å². The number of esters is 1. The van der Waals surface area contributed by atoms with Gasteiger partial charge in [-0.15, -0.1) is 17.9 Å². The number of rotatable bonds is 5. The zero-order valence-corrected chi connectivity index (χ0v) is 13.4. The predicted molar refractivity (Wildman–Crippen MR) is 89.3 cm³/mol. The maximum atomic E-state index is 12.8. The third kappa shape index (κ3) is 3.35. The largest absolute Gasteiger partial charge is 0.448 e. The number of benzene rings is 1. The quantitative estimate of drug-likeness (QED) is 0.626. The molecule has 0 bridgehead atoms. The topological polar surface area (TPSA) is 46.6 Å². The monoisotopic (exact) mass is 327 g/mol. The molecule has 0 saturated heterocycles. The summed E-state index contributed by atoms with van der Waals surface area (Å²) in [6.07, 6.45) is 1.33. The molecule has 0 aliphatic carbocycles. The molecule has 0 N–H and O–H groups in total. The average molecular weight is 327 g/mol. The second kappa shape index (κ2) is 6.79. The van der Waals surface area contributed by atoms with E-state index in [1.54, 1.807) is 34.4 Å². The number of ether oxygens (including phenoxy) is 1. The lowest BCUT2D eigenvalue weighted by atomic mass is 9.98. The second-order valence-corrected chi connectivity index (χ2v) is 6.37. The number of cyclic esters (lactones) is 1. The normalized spacial score (nSPS) is 16.3. The molecule has 3 rings (SSSR count). The maximum Gasteiger partial charge on any atom is 0.339 e. The number of carbonyl (C=O) groups is 2. The molecular formula is C18H17NO3S. The number of nitrogens with zero attached hydrogens (tertiary/aromatic N) is 1. The molecule has 0 radical (unpaired) electrons. The van der Waals surface area contributed by atoms with E-state index < -0.39 is 12.1 Å². The fourth-order valence-electron chi connectivity index (χ4n) is 2.65. The van der Waals surface area contributed by atoms with Crippen LogP contribution in [0.3, 0.4) is 0 Å². The highest BCUT2D eigenvalue weighted by atomic mass is 32.1. The van der Waals surface area contributed by atoms with Crippen molar-refractivity contribution in [1.82, 2.24) is 4.90 Å². The molecule has 2 aromatic rings. The summed E-state index contributed by atoms with van der Waals surface area (Å²) in [6.45, 7) is 4.63. The highest BCUT2D eigenvalue weighted by molar-refractivity contribution is 7.09. The van der Waals surface area contributed by atoms with Gasteiger partial charge in [-0.05, 0) is 23.1 Å². The lowest BCUT2D eigenvalue weighted by molar-refractivity contribution is -0.141. The Morgan fingerprint density at radius 2 is 2.17 bits per heavy atom. The molecule has 23 heavy (non-hydrogen) atoms. The third-order valence-electron chi connectivity index (χ3n) is 3.76. The second-order valence-electron chi connectivity index (χ2n) is 5.34. The number of thiophene rings is 1. The molecule has 5 heteroatoms. The Labute approximate surface area is 139 Å². The standard InChI is InChI=1S/C18H17NO3S/c1-2-9-19(12-14-7-5-10-23-14)17(20)16-11-13-6-3-4-8-15(13)18(21)22-16/h2-8,10,16H,1,9,11-12H2. The van der Waals surface area contributed by atoms with Crippen LogP contribution < -0.4 is 0 Å². The summed E-state index contributed by atoms with van der Waals surface area (Å²) >= 11 is 1.59. The predicted octanol–water partition coefficient (Wildman–Crippen LogP) is 3.04. The van der Waals surface area contributed by atoms with Crippen LogP contribution in [0.4, 0.5) is 0 Å². The van der Waals surface area contributed by atoms with Crippen molar-refractivity contribution >= 4 is 23.2 Å². The summed E-state index contributed by atoms with van der Waals surface area (Å²) in [7, 11) is 0. The SMILES string of the molecule is C=CCN(Cc1cccs1)C(=O)C1Cc2ccccc2C(=O)O1. The first-order valence-electron chi connectivity index (χ1n) is 7.40. The van der Waals surface area contributed by atoms with Crippen LogP contribution in [-0.2, 0) is 22.5 Å². The van der Waals surface area contributed by atoms with Crippen LogP contribution in [-0.4, -0.2) is 29.4 Å². The third-order valence-corrected chi connectivity index (χ3v) is 4.62. The van der Waals surface area contributed by atoms with Gasteiger partial charge in [0.1, 0.15) is 0 Å². The Kier molecular flexibility index (Phi) is 4.57. The van der Waals surface area contributed by atoms with Gasteiger partial charge in [-0.3, -0.25) is 4.79 Å². The number of fused-ring (bicyclic) bond motifs is 1. The molecule has 1 aliphatic heterocycles. The fourth-order valence-corrected chi connectivity index (χ4v) is 3.37. The molecule has 1 atom stereocenters. The minimum absolute atomic E-state index is 0.179. The smallest absolute Gasteiger partial charge is 0.339 e. The molecule has 0 spiro atoms. The Bertz CT molecular complexity index is 724. The number of carbonyl (C=O) groups excluding carboxylic acids is 2. The van der Waals surface area contributed by atoms with Gasteiger partial charge in [-0.2, -0.15) is 0 Å². The molecule has 1 aliphatic rings. The Morgan fingerprint density at radius 1 is 1.35 bits per heavy atom. The molecule has 0 fully saturated rings. The molecule has 118 valence electrons. The molecule has 4 nitrogen and oxygen atoms in total. The highest BCUT2D eigenvalue weighted by Gasteiger charge is 2.33. The average Bonchev–Trinajstić information content (AvgIpc) is 3.07. The van der Waals surface area contributed by atoms with Gasteiger partial charge in [0.2, 0.25) is 0 Å². The van der Waals surface area contributed by atoms with Crippen LogP contribution in [0.25, 0.3) is 0 Å². The fraction of sp³-hybridized carbons (Fsp3) is 0.222. The van der Waals surface area contributed by atoms with Crippen molar-refractivity contribution in [1.29, 1.82) is 0 Å². The van der Waals surface area contributed by atoms with Crippen molar-refractivity contribution < 1.29 is 14.3 Å². The van der Waals surface area contributed by atoms with Gasteiger partial charge in [-0.25, -0.2) is 4.79 Å². The molecule has 1 aromatic carbocycles. The van der Waals surface area contributed by atoms with Gasteiger partial charge in [0.25, 0.3) is 5.91 Å². The zero-order valence-electron chi connectivity index (χ0n) is 12.6. The van der Waals surface area contributed by atoms with E-state index in [9.17, 15) is 9.59 Å². The molecule has 2 heterocycles. The van der Waals surface area contributed by atoms with E-state index in [2.05, 4.69) is 6.58 Å². The first-order valence-corrected chi connectivity index (χ1v) is 8.28. The minimum atomic E-state index is -0.766. The van der Waals surface area contributed by atoms with Gasteiger partial charge >= 0.3 is 5.97 Å². The van der Waals surface area contributed by atoms with Gasteiger partial charge in [0.05, 0.1) is 12.1 Å². The van der Waals surface area contributed by atoms with Crippen LogP contribution in [0.1, 0.15) is 20.8 Å². The van der Waals surface area contributed by atoms with Gasteiger partial charge in [-0.1, -0.05) is 30.3 Å². The van der Waals surface area contributed by atoms with E-state index in [0.29, 0.717) is 25.1 Å². The van der Waals surface area contributed by atoms with E-state index in [0.717, 1.165) is 10.4 Å². The number of amides is 1. The van der Waals surface area contributed by atoms with Crippen molar-refractivity contribution in [3.05, 3.63) is 70.4 Å². The molecule has 1 amide bonds. The number of hydrogen-bond acceptors (Lipinski definition) is 4. The lowest BCUT2D eigenvalue weighted by Crippen LogP contribution is -2.44. The van der Waals surface area contributed by atoms with Crippen LogP contribution >= 0.6 is 11.3 Å². The summed E-state index contributed by atoms with van der Waals surface area (Å²) in [5.41, 5.74) is 1.40. The van der Waals surface area contributed by atoms with E-state index in [1.165, 1.54) is 0 Å². The summed E-state index contributed by atoms with van der Waals surface area (Å²) in [4.78, 5) is 27.6. The molecule has 0 saturated carbocycles. The maximum absolute atomic E-state index is 12.8. The summed E-state index contributed by atoms with van der Waals surface area (Å²) in [5, 5.41) is 1.97. The molecular weight excluding hydrogens is 310 g/mol. The van der Waals surface area contributed by atoms with E-state index in [4.69, 9.17) is 4.74 Å². The lowest BCUT2D eigenvalue weighted by Gasteiger charge is -2.29. The van der Waals surface area contributed by atoms with E-state index >= 15 is 0 Å². The van der Waals surface area contributed by atoms with Crippen molar-refractivity contribution in [2.24, 2.45) is 0 Å².